The Morgan fingerprint density at radius 3 is 2.50 bits per heavy atom. The van der Waals surface area contributed by atoms with Gasteiger partial charge in [0.15, 0.2) is 5.78 Å². The van der Waals surface area contributed by atoms with Gasteiger partial charge in [-0.1, -0.05) is 15.9 Å². The van der Waals surface area contributed by atoms with Gasteiger partial charge < -0.3 is 4.74 Å². The highest BCUT2D eigenvalue weighted by molar-refractivity contribution is 9.10. The monoisotopic (exact) mass is 276 g/mol. The van der Waals surface area contributed by atoms with Crippen molar-refractivity contribution < 1.29 is 9.53 Å². The molecule has 0 heterocycles. The first-order chi connectivity index (χ1) is 6.69. The van der Waals surface area contributed by atoms with E-state index in [1.54, 1.807) is 31.4 Å². The number of ketones is 1. The Hall–Kier alpha value is -0.540. The van der Waals surface area contributed by atoms with E-state index in [4.69, 9.17) is 16.3 Å². The smallest absolute Gasteiger partial charge is 0.177 e. The van der Waals surface area contributed by atoms with Gasteiger partial charge in [0.1, 0.15) is 5.75 Å². The van der Waals surface area contributed by atoms with Crippen LogP contribution in [-0.4, -0.2) is 23.6 Å². The van der Waals surface area contributed by atoms with Crippen molar-refractivity contribution >= 4 is 33.3 Å². The third-order valence-corrected chi connectivity index (χ3v) is 3.22. The Labute approximate surface area is 96.3 Å². The van der Waals surface area contributed by atoms with Gasteiger partial charge in [0, 0.05) is 11.4 Å². The lowest BCUT2D eigenvalue weighted by Gasteiger charge is -2.05. The number of carbonyl (C=O) groups is 1. The predicted molar refractivity (Wildman–Crippen MR) is 60.8 cm³/mol. The molecule has 0 radical (unpaired) electrons. The van der Waals surface area contributed by atoms with E-state index >= 15 is 0 Å². The Bertz CT molecular complexity index is 310. The van der Waals surface area contributed by atoms with Gasteiger partial charge in [-0.25, -0.2) is 0 Å². The summed E-state index contributed by atoms with van der Waals surface area (Å²) < 4.78 is 4.99. The van der Waals surface area contributed by atoms with Gasteiger partial charge in [-0.05, 0) is 24.3 Å². The molecule has 14 heavy (non-hydrogen) atoms. The first-order valence-electron chi connectivity index (χ1n) is 4.07. The van der Waals surface area contributed by atoms with E-state index in [0.29, 0.717) is 5.56 Å². The highest BCUT2D eigenvalue weighted by Gasteiger charge is 2.15. The number of Topliss-reactive ketones (excluding diaryl/α,β-unsaturated/α-hetero) is 1. The molecule has 1 unspecified atom stereocenters. The highest BCUT2D eigenvalue weighted by atomic mass is 79.9. The Kier molecular flexibility index (Phi) is 4.42. The van der Waals surface area contributed by atoms with Crippen molar-refractivity contribution in [2.24, 2.45) is 0 Å². The average molecular weight is 278 g/mol. The number of carbonyl (C=O) groups excluding carboxylic acids is 1. The van der Waals surface area contributed by atoms with E-state index in [1.807, 2.05) is 0 Å². The summed E-state index contributed by atoms with van der Waals surface area (Å²) >= 11 is 8.76. The lowest BCUT2D eigenvalue weighted by atomic mass is 10.1. The number of benzene rings is 1. The zero-order chi connectivity index (χ0) is 10.6. The second kappa shape index (κ2) is 5.37. The van der Waals surface area contributed by atoms with Crippen LogP contribution in [0, 0.1) is 0 Å². The van der Waals surface area contributed by atoms with Crippen molar-refractivity contribution in [3.63, 3.8) is 0 Å². The number of methoxy groups -OCH3 is 1. The van der Waals surface area contributed by atoms with Crippen LogP contribution in [0.1, 0.15) is 10.4 Å². The molecule has 0 aliphatic heterocycles. The number of ether oxygens (including phenoxy) is 1. The lowest BCUT2D eigenvalue weighted by molar-refractivity contribution is 0.0997. The topological polar surface area (TPSA) is 26.3 Å². The molecule has 1 rings (SSSR count). The van der Waals surface area contributed by atoms with E-state index in [-0.39, 0.29) is 16.5 Å². The van der Waals surface area contributed by atoms with E-state index in [9.17, 15) is 4.79 Å². The molecule has 1 atom stereocenters. The van der Waals surface area contributed by atoms with Crippen molar-refractivity contribution in [1.82, 2.24) is 0 Å². The van der Waals surface area contributed by atoms with Crippen LogP contribution in [0.25, 0.3) is 0 Å². The van der Waals surface area contributed by atoms with Gasteiger partial charge in [0.25, 0.3) is 0 Å². The molecular weight excluding hydrogens is 267 g/mol. The fourth-order valence-electron chi connectivity index (χ4n) is 1.01. The summed E-state index contributed by atoms with van der Waals surface area (Å²) in [6.07, 6.45) is 0. The fourth-order valence-corrected chi connectivity index (χ4v) is 1.41. The molecule has 0 amide bonds. The molecule has 0 aliphatic carbocycles. The molecule has 0 aromatic heterocycles. The third kappa shape index (κ3) is 2.72. The number of halogens is 2. The summed E-state index contributed by atoms with van der Waals surface area (Å²) in [4.78, 5) is 11.3. The molecule has 0 spiro atoms. The second-order valence-corrected chi connectivity index (χ2v) is 4.13. The molecule has 0 fully saturated rings. The third-order valence-electron chi connectivity index (χ3n) is 1.79. The van der Waals surface area contributed by atoms with Crippen LogP contribution in [0.4, 0.5) is 0 Å². The highest BCUT2D eigenvalue weighted by Crippen LogP contribution is 2.15. The van der Waals surface area contributed by atoms with Crippen LogP contribution in [0.3, 0.4) is 0 Å². The number of hydrogen-bond acceptors (Lipinski definition) is 2. The van der Waals surface area contributed by atoms with E-state index in [0.717, 1.165) is 5.75 Å². The minimum atomic E-state index is -0.322. The Balaban J connectivity index is 2.81. The van der Waals surface area contributed by atoms with E-state index in [1.165, 1.54) is 0 Å². The minimum absolute atomic E-state index is 0.0114. The lowest BCUT2D eigenvalue weighted by Crippen LogP contribution is -2.15. The van der Waals surface area contributed by atoms with Crippen LogP contribution in [0.2, 0.25) is 0 Å². The molecule has 76 valence electrons. The molecular formula is C10H10BrClO2. The molecule has 1 aromatic rings. The summed E-state index contributed by atoms with van der Waals surface area (Å²) in [5.74, 6) is 0.992. The van der Waals surface area contributed by atoms with Crippen molar-refractivity contribution in [1.29, 1.82) is 0 Å². The first-order valence-corrected chi connectivity index (χ1v) is 5.52. The number of hydrogen-bond donors (Lipinski definition) is 0. The molecule has 0 saturated carbocycles. The first kappa shape index (κ1) is 11.5. The maximum atomic E-state index is 11.6. The van der Waals surface area contributed by atoms with Crippen molar-refractivity contribution in [3.8, 4) is 5.75 Å². The molecule has 0 N–H and O–H groups in total. The van der Waals surface area contributed by atoms with Gasteiger partial charge in [-0.3, -0.25) is 4.79 Å². The van der Waals surface area contributed by atoms with Crippen LogP contribution < -0.4 is 4.74 Å². The summed E-state index contributed by atoms with van der Waals surface area (Å²) in [6.45, 7) is 0. The molecule has 4 heteroatoms. The van der Waals surface area contributed by atoms with Gasteiger partial charge >= 0.3 is 0 Å². The summed E-state index contributed by atoms with van der Waals surface area (Å²) in [7, 11) is 1.59. The summed E-state index contributed by atoms with van der Waals surface area (Å²) in [5, 5.41) is 0. The molecule has 0 aliphatic rings. The van der Waals surface area contributed by atoms with Crippen LogP contribution in [0.15, 0.2) is 24.3 Å². The Morgan fingerprint density at radius 1 is 1.50 bits per heavy atom. The summed E-state index contributed by atoms with van der Waals surface area (Å²) in [6, 6.07) is 6.95. The van der Waals surface area contributed by atoms with Crippen molar-refractivity contribution in [2.45, 2.75) is 4.83 Å². The van der Waals surface area contributed by atoms with E-state index < -0.39 is 0 Å². The van der Waals surface area contributed by atoms with Gasteiger partial charge in [0.05, 0.1) is 11.9 Å². The standard InChI is InChI=1S/C10H10BrClO2/c1-14-8-4-2-7(3-5-8)10(13)9(11)6-12/h2-5,9H,6H2,1H3. The zero-order valence-corrected chi connectivity index (χ0v) is 10.0. The second-order valence-electron chi connectivity index (χ2n) is 2.71. The zero-order valence-electron chi connectivity index (χ0n) is 7.67. The van der Waals surface area contributed by atoms with Crippen LogP contribution >= 0.6 is 27.5 Å². The van der Waals surface area contributed by atoms with Gasteiger partial charge in [0.2, 0.25) is 0 Å². The number of alkyl halides is 2. The van der Waals surface area contributed by atoms with Crippen LogP contribution in [0.5, 0.6) is 5.75 Å². The molecule has 2 nitrogen and oxygen atoms in total. The molecule has 0 bridgehead atoms. The Morgan fingerprint density at radius 2 is 2.07 bits per heavy atom. The average Bonchev–Trinajstić information content (AvgIpc) is 2.27. The molecule has 0 saturated heterocycles. The van der Waals surface area contributed by atoms with Gasteiger partial charge in [-0.15, -0.1) is 11.6 Å². The quantitative estimate of drug-likeness (QED) is 0.625. The van der Waals surface area contributed by atoms with Crippen LogP contribution in [-0.2, 0) is 0 Å². The maximum absolute atomic E-state index is 11.6. The predicted octanol–water partition coefficient (Wildman–Crippen LogP) is 2.88. The summed E-state index contributed by atoms with van der Waals surface area (Å²) in [5.41, 5.74) is 0.633. The van der Waals surface area contributed by atoms with Crippen molar-refractivity contribution in [2.75, 3.05) is 13.0 Å². The minimum Gasteiger partial charge on any atom is -0.497 e. The molecule has 1 aromatic carbocycles. The maximum Gasteiger partial charge on any atom is 0.177 e. The fraction of sp³-hybridized carbons (Fsp3) is 0.300. The van der Waals surface area contributed by atoms with E-state index in [2.05, 4.69) is 15.9 Å². The number of rotatable bonds is 4. The largest absolute Gasteiger partial charge is 0.497 e. The normalized spacial score (nSPS) is 12.2. The van der Waals surface area contributed by atoms with Gasteiger partial charge in [-0.2, -0.15) is 0 Å². The van der Waals surface area contributed by atoms with Crippen molar-refractivity contribution in [3.05, 3.63) is 29.8 Å². The SMILES string of the molecule is COc1ccc(C(=O)C(Br)CCl)cc1.